The minimum absolute atomic E-state index is 0.0457. The first-order valence-electron chi connectivity index (χ1n) is 10.4. The third-order valence-electron chi connectivity index (χ3n) is 5.49. The molecule has 2 aromatic carbocycles. The number of hydrogen-bond acceptors (Lipinski definition) is 5. The molecule has 5 rings (SSSR count). The van der Waals surface area contributed by atoms with Crippen molar-refractivity contribution in [3.63, 3.8) is 0 Å². The molecule has 0 saturated carbocycles. The van der Waals surface area contributed by atoms with Gasteiger partial charge in [0.15, 0.2) is 40.4 Å². The minimum Gasteiger partial charge on any atom is -0.485 e. The molecule has 174 valence electrons. The Morgan fingerprint density at radius 3 is 2.44 bits per heavy atom. The van der Waals surface area contributed by atoms with Gasteiger partial charge in [0.2, 0.25) is 0 Å². The maximum absolute atomic E-state index is 14.3. The molecule has 0 aliphatic heterocycles. The lowest BCUT2D eigenvalue weighted by Gasteiger charge is -2.11. The van der Waals surface area contributed by atoms with Crippen molar-refractivity contribution < 1.29 is 22.3 Å². The van der Waals surface area contributed by atoms with Gasteiger partial charge in [-0.15, -0.1) is 5.10 Å². The van der Waals surface area contributed by atoms with Gasteiger partial charge in [0.1, 0.15) is 24.4 Å². The van der Waals surface area contributed by atoms with E-state index in [0.717, 1.165) is 11.1 Å². The van der Waals surface area contributed by atoms with Crippen molar-refractivity contribution in [2.75, 3.05) is 0 Å². The highest BCUT2D eigenvalue weighted by atomic mass is 19.2. The van der Waals surface area contributed by atoms with Crippen LogP contribution in [0.15, 0.2) is 36.8 Å². The molecule has 0 radical (unpaired) electrons. The molecule has 7 nitrogen and oxygen atoms in total. The quantitative estimate of drug-likeness (QED) is 0.266. The number of fused-ring (bicyclic) bond motifs is 3. The lowest BCUT2D eigenvalue weighted by atomic mass is 10.0. The Morgan fingerprint density at radius 1 is 1.00 bits per heavy atom. The first-order chi connectivity index (χ1) is 16.2. The molecule has 11 heteroatoms. The van der Waals surface area contributed by atoms with E-state index in [-0.39, 0.29) is 23.7 Å². The second-order valence-electron chi connectivity index (χ2n) is 8.12. The van der Waals surface area contributed by atoms with Gasteiger partial charge in [-0.2, -0.15) is 5.10 Å². The van der Waals surface area contributed by atoms with Crippen LogP contribution in [0.3, 0.4) is 0 Å². The van der Waals surface area contributed by atoms with Gasteiger partial charge in [-0.3, -0.25) is 0 Å². The Bertz CT molecular complexity index is 1530. The van der Waals surface area contributed by atoms with Crippen molar-refractivity contribution in [2.24, 2.45) is 0 Å². The first-order valence-corrected chi connectivity index (χ1v) is 10.4. The van der Waals surface area contributed by atoms with E-state index in [1.54, 1.807) is 0 Å². The van der Waals surface area contributed by atoms with E-state index in [4.69, 9.17) is 4.74 Å². The van der Waals surface area contributed by atoms with Gasteiger partial charge in [-0.25, -0.2) is 36.7 Å². The van der Waals surface area contributed by atoms with Crippen LogP contribution in [0, 0.1) is 30.2 Å². The summed E-state index contributed by atoms with van der Waals surface area (Å²) in [6.45, 7) is 6.18. The van der Waals surface area contributed by atoms with Crippen molar-refractivity contribution in [1.82, 2.24) is 29.4 Å². The fourth-order valence-electron chi connectivity index (χ4n) is 3.61. The molecule has 0 atom stereocenters. The molecule has 0 aliphatic carbocycles. The highest BCUT2D eigenvalue weighted by Crippen LogP contribution is 2.27. The summed E-state index contributed by atoms with van der Waals surface area (Å²) in [5.74, 6) is -4.87. The van der Waals surface area contributed by atoms with E-state index in [1.165, 1.54) is 17.0 Å². The van der Waals surface area contributed by atoms with Gasteiger partial charge < -0.3 is 4.74 Å². The lowest BCUT2D eigenvalue weighted by Crippen LogP contribution is -2.08. The number of ether oxygens (including phenoxy) is 1. The van der Waals surface area contributed by atoms with Crippen LogP contribution in [0.1, 0.15) is 36.7 Å². The monoisotopic (exact) mass is 470 g/mol. The Morgan fingerprint density at radius 2 is 1.74 bits per heavy atom. The third kappa shape index (κ3) is 3.53. The van der Waals surface area contributed by atoms with Gasteiger partial charge in [-0.05, 0) is 30.0 Å². The highest BCUT2D eigenvalue weighted by Gasteiger charge is 2.24. The number of aromatic nitrogens is 6. The zero-order valence-corrected chi connectivity index (χ0v) is 18.4. The predicted molar refractivity (Wildman–Crippen MR) is 115 cm³/mol. The van der Waals surface area contributed by atoms with Gasteiger partial charge in [0.25, 0.3) is 0 Å². The number of rotatable bonds is 5. The molecule has 0 unspecified atom stereocenters. The molecule has 0 bridgehead atoms. The van der Waals surface area contributed by atoms with E-state index in [2.05, 4.69) is 34.0 Å². The van der Waals surface area contributed by atoms with Crippen molar-refractivity contribution in [1.29, 1.82) is 0 Å². The summed E-state index contributed by atoms with van der Waals surface area (Å²) in [6, 6.07) is 6.14. The maximum Gasteiger partial charge on any atom is 0.189 e. The van der Waals surface area contributed by atoms with Crippen LogP contribution in [-0.2, 0) is 6.61 Å². The maximum atomic E-state index is 14.3. The number of nitrogens with zero attached hydrogens (tertiary/aromatic N) is 6. The van der Waals surface area contributed by atoms with Crippen molar-refractivity contribution in [2.45, 2.75) is 33.3 Å². The average Bonchev–Trinajstić information content (AvgIpc) is 3.41. The van der Waals surface area contributed by atoms with E-state index >= 15 is 0 Å². The summed E-state index contributed by atoms with van der Waals surface area (Å²) in [5, 5.41) is 8.49. The van der Waals surface area contributed by atoms with Gasteiger partial charge >= 0.3 is 0 Å². The molecular weight excluding hydrogens is 452 g/mol. The summed E-state index contributed by atoms with van der Waals surface area (Å²) >= 11 is 0. The minimum atomic E-state index is -1.58. The fraction of sp³-hybridized carbons (Fsp3) is 0.217. The molecule has 0 amide bonds. The molecule has 0 N–H and O–H groups in total. The van der Waals surface area contributed by atoms with Gasteiger partial charge in [-0.1, -0.05) is 26.0 Å². The van der Waals surface area contributed by atoms with Gasteiger partial charge in [0.05, 0.1) is 11.6 Å². The molecular formula is C23H18F4N6O. The number of halogens is 4. The van der Waals surface area contributed by atoms with Crippen LogP contribution in [-0.4, -0.2) is 29.4 Å². The van der Waals surface area contributed by atoms with Crippen LogP contribution < -0.4 is 4.74 Å². The smallest absolute Gasteiger partial charge is 0.189 e. The number of aryl methyl sites for hydroxylation is 1. The van der Waals surface area contributed by atoms with Gasteiger partial charge in [0, 0.05) is 6.07 Å². The SMILES string of the molecule is Cc1ccc(C(C)C)cc1OCc1nc2c3cnn(-c4c(F)c(F)cc(F)c4F)c3ncn2n1. The topological polar surface area (TPSA) is 70.1 Å². The zero-order valence-electron chi connectivity index (χ0n) is 18.4. The average molecular weight is 470 g/mol. The van der Waals surface area contributed by atoms with Crippen LogP contribution in [0.4, 0.5) is 17.6 Å². The Labute approximate surface area is 190 Å². The van der Waals surface area contributed by atoms with E-state index < -0.39 is 29.0 Å². The summed E-state index contributed by atoms with van der Waals surface area (Å²) in [7, 11) is 0. The second kappa shape index (κ2) is 8.08. The molecule has 3 heterocycles. The van der Waals surface area contributed by atoms with Crippen LogP contribution >= 0.6 is 0 Å². The van der Waals surface area contributed by atoms with Crippen molar-refractivity contribution in [3.8, 4) is 11.4 Å². The molecule has 5 aromatic rings. The molecule has 0 fully saturated rings. The van der Waals surface area contributed by atoms with Crippen molar-refractivity contribution in [3.05, 3.63) is 77.0 Å². The zero-order chi connectivity index (χ0) is 24.1. The highest BCUT2D eigenvalue weighted by molar-refractivity contribution is 5.89. The molecule has 3 aromatic heterocycles. The molecule has 34 heavy (non-hydrogen) atoms. The second-order valence-corrected chi connectivity index (χ2v) is 8.12. The van der Waals surface area contributed by atoms with Crippen LogP contribution in [0.2, 0.25) is 0 Å². The number of hydrogen-bond donors (Lipinski definition) is 0. The third-order valence-corrected chi connectivity index (χ3v) is 5.49. The summed E-state index contributed by atoms with van der Waals surface area (Å²) in [6.07, 6.45) is 2.51. The first kappa shape index (κ1) is 21.8. The van der Waals surface area contributed by atoms with E-state index in [0.29, 0.717) is 27.8 Å². The Hall–Kier alpha value is -4.02. The predicted octanol–water partition coefficient (Wildman–Crippen LogP) is 5.03. The summed E-state index contributed by atoms with van der Waals surface area (Å²) in [5.41, 5.74) is 1.34. The number of benzene rings is 2. The van der Waals surface area contributed by atoms with Crippen LogP contribution in [0.25, 0.3) is 22.4 Å². The van der Waals surface area contributed by atoms with E-state index in [1.807, 2.05) is 25.1 Å². The fourth-order valence-corrected chi connectivity index (χ4v) is 3.61. The lowest BCUT2D eigenvalue weighted by molar-refractivity contribution is 0.293. The normalized spacial score (nSPS) is 11.8. The molecule has 0 spiro atoms. The molecule has 0 saturated heterocycles. The van der Waals surface area contributed by atoms with E-state index in [9.17, 15) is 17.6 Å². The standard InChI is InChI=1S/C23H18F4N6O/c1-11(2)13-5-4-12(3)17(6-13)34-9-18-30-23-14-8-29-33(22(14)28-10-32(23)31-18)21-19(26)15(24)7-16(25)20(21)27/h4-8,10-11H,9H2,1-3H3. The summed E-state index contributed by atoms with van der Waals surface area (Å²) < 4.78 is 64.0. The van der Waals surface area contributed by atoms with Crippen molar-refractivity contribution >= 4 is 16.7 Å². The Balaban J connectivity index is 1.52. The summed E-state index contributed by atoms with van der Waals surface area (Å²) in [4.78, 5) is 8.53. The molecule has 0 aliphatic rings. The van der Waals surface area contributed by atoms with Crippen LogP contribution in [0.5, 0.6) is 5.75 Å². The largest absolute Gasteiger partial charge is 0.485 e. The Kier molecular flexibility index (Phi) is 5.18.